The highest BCUT2D eigenvalue weighted by molar-refractivity contribution is 6.33. The Hall–Kier alpha value is -0.730. The maximum absolute atomic E-state index is 6.33. The van der Waals surface area contributed by atoms with Crippen molar-refractivity contribution in [3.05, 3.63) is 28.8 Å². The van der Waals surface area contributed by atoms with Crippen molar-refractivity contribution in [1.29, 1.82) is 0 Å². The molecule has 1 aromatic carbocycles. The molecule has 1 rings (SSSR count). The molecular formula is C14H23ClN2. The number of nitrogens with zero attached hydrogens (tertiary/aromatic N) is 1. The summed E-state index contributed by atoms with van der Waals surface area (Å²) >= 11 is 6.33. The van der Waals surface area contributed by atoms with Crippen LogP contribution in [0.15, 0.2) is 18.2 Å². The van der Waals surface area contributed by atoms with Gasteiger partial charge >= 0.3 is 0 Å². The summed E-state index contributed by atoms with van der Waals surface area (Å²) in [5.74, 6) is 0. The van der Waals surface area contributed by atoms with Gasteiger partial charge in [0.25, 0.3) is 0 Å². The van der Waals surface area contributed by atoms with Crippen LogP contribution in [0.3, 0.4) is 0 Å². The van der Waals surface area contributed by atoms with E-state index in [1.54, 1.807) is 0 Å². The Morgan fingerprint density at radius 3 is 2.29 bits per heavy atom. The number of benzene rings is 1. The molecule has 0 saturated heterocycles. The maximum atomic E-state index is 6.33. The minimum absolute atomic E-state index is 0.0278. The molecule has 96 valence electrons. The van der Waals surface area contributed by atoms with E-state index in [2.05, 4.69) is 37.9 Å². The van der Waals surface area contributed by atoms with Crippen LogP contribution in [0, 0.1) is 0 Å². The van der Waals surface area contributed by atoms with Gasteiger partial charge in [-0.3, -0.25) is 0 Å². The smallest absolute Gasteiger partial charge is 0.0642 e. The van der Waals surface area contributed by atoms with Crippen LogP contribution in [0.2, 0.25) is 5.02 Å². The summed E-state index contributed by atoms with van der Waals surface area (Å²) in [5, 5.41) is 0.786. The molecule has 0 saturated carbocycles. The van der Waals surface area contributed by atoms with Gasteiger partial charge in [0.2, 0.25) is 0 Å². The van der Waals surface area contributed by atoms with Crippen molar-refractivity contribution in [2.75, 3.05) is 11.9 Å². The highest BCUT2D eigenvalue weighted by Gasteiger charge is 2.14. The minimum atomic E-state index is 0.0278. The summed E-state index contributed by atoms with van der Waals surface area (Å²) in [4.78, 5) is 2.26. The summed E-state index contributed by atoms with van der Waals surface area (Å²) in [6.07, 6.45) is 2.25. The van der Waals surface area contributed by atoms with Crippen molar-refractivity contribution < 1.29 is 0 Å². The quantitative estimate of drug-likeness (QED) is 0.861. The highest BCUT2D eigenvalue weighted by atomic mass is 35.5. The number of nitrogens with two attached hydrogens (primary N) is 1. The second-order valence-corrected chi connectivity index (χ2v) is 4.99. The van der Waals surface area contributed by atoms with Crippen LogP contribution in [-0.2, 0) is 0 Å². The summed E-state index contributed by atoms with van der Waals surface area (Å²) in [7, 11) is 2.10. The van der Waals surface area contributed by atoms with Crippen LogP contribution in [-0.4, -0.2) is 13.1 Å². The molecule has 0 heterocycles. The maximum Gasteiger partial charge on any atom is 0.0642 e. The Labute approximate surface area is 110 Å². The number of halogens is 1. The average Bonchev–Trinajstić information content (AvgIpc) is 2.30. The van der Waals surface area contributed by atoms with Gasteiger partial charge in [-0.1, -0.05) is 31.5 Å². The summed E-state index contributed by atoms with van der Waals surface area (Å²) in [5.41, 5.74) is 8.02. The van der Waals surface area contributed by atoms with E-state index in [0.717, 1.165) is 29.1 Å². The Morgan fingerprint density at radius 2 is 1.88 bits per heavy atom. The molecule has 2 nitrogen and oxygen atoms in total. The summed E-state index contributed by atoms with van der Waals surface area (Å²) < 4.78 is 0. The van der Waals surface area contributed by atoms with Crippen LogP contribution < -0.4 is 10.6 Å². The number of hydrogen-bond acceptors (Lipinski definition) is 2. The first-order valence-corrected chi connectivity index (χ1v) is 6.66. The molecule has 0 radical (unpaired) electrons. The highest BCUT2D eigenvalue weighted by Crippen LogP contribution is 2.30. The number of hydrogen-bond donors (Lipinski definition) is 1. The fourth-order valence-corrected chi connectivity index (χ4v) is 2.45. The lowest BCUT2D eigenvalue weighted by atomic mass is 10.1. The van der Waals surface area contributed by atoms with Gasteiger partial charge in [0.15, 0.2) is 0 Å². The first-order chi connectivity index (χ1) is 8.01. The van der Waals surface area contributed by atoms with E-state index in [4.69, 9.17) is 17.3 Å². The Kier molecular flexibility index (Phi) is 5.29. The normalized spacial score (nSPS) is 12.9. The van der Waals surface area contributed by atoms with Crippen LogP contribution in [0.5, 0.6) is 0 Å². The molecule has 17 heavy (non-hydrogen) atoms. The van der Waals surface area contributed by atoms with Crippen molar-refractivity contribution >= 4 is 17.3 Å². The Balaban J connectivity index is 2.99. The topological polar surface area (TPSA) is 29.3 Å². The lowest BCUT2D eigenvalue weighted by Crippen LogP contribution is -2.30. The predicted octanol–water partition coefficient (Wildman–Crippen LogP) is 3.98. The van der Waals surface area contributed by atoms with Gasteiger partial charge in [-0.2, -0.15) is 0 Å². The standard InChI is InChI=1S/C14H23ClN2/c1-5-12(6-2)17(4)14-8-7-11(10(3)16)9-13(14)15/h7-10,12H,5-6,16H2,1-4H3. The zero-order valence-electron chi connectivity index (χ0n) is 11.2. The molecule has 0 spiro atoms. The van der Waals surface area contributed by atoms with E-state index in [1.165, 1.54) is 0 Å². The van der Waals surface area contributed by atoms with E-state index in [-0.39, 0.29) is 6.04 Å². The number of anilines is 1. The molecule has 2 N–H and O–H groups in total. The van der Waals surface area contributed by atoms with E-state index >= 15 is 0 Å². The molecule has 0 fully saturated rings. The monoisotopic (exact) mass is 254 g/mol. The zero-order valence-corrected chi connectivity index (χ0v) is 12.0. The lowest BCUT2D eigenvalue weighted by molar-refractivity contribution is 0.591. The fourth-order valence-electron chi connectivity index (χ4n) is 2.13. The van der Waals surface area contributed by atoms with E-state index in [1.807, 2.05) is 13.0 Å². The molecule has 1 atom stereocenters. The van der Waals surface area contributed by atoms with Crippen molar-refractivity contribution in [2.24, 2.45) is 5.73 Å². The van der Waals surface area contributed by atoms with Gasteiger partial charge < -0.3 is 10.6 Å². The minimum Gasteiger partial charge on any atom is -0.370 e. The Morgan fingerprint density at radius 1 is 1.29 bits per heavy atom. The number of rotatable bonds is 5. The van der Waals surface area contributed by atoms with Crippen LogP contribution in [0.25, 0.3) is 0 Å². The molecule has 1 unspecified atom stereocenters. The molecule has 1 aromatic rings. The first-order valence-electron chi connectivity index (χ1n) is 6.29. The third-order valence-corrected chi connectivity index (χ3v) is 3.67. The Bertz CT molecular complexity index is 359. The van der Waals surface area contributed by atoms with E-state index < -0.39 is 0 Å². The molecule has 0 aliphatic rings. The van der Waals surface area contributed by atoms with Gasteiger partial charge in [0.05, 0.1) is 10.7 Å². The molecular weight excluding hydrogens is 232 g/mol. The largest absolute Gasteiger partial charge is 0.370 e. The third-order valence-electron chi connectivity index (χ3n) is 3.37. The zero-order chi connectivity index (χ0) is 13.0. The SMILES string of the molecule is CCC(CC)N(C)c1ccc(C(C)N)cc1Cl. The summed E-state index contributed by atoms with van der Waals surface area (Å²) in [6, 6.07) is 6.67. The molecule has 0 aliphatic carbocycles. The van der Waals surface area contributed by atoms with Gasteiger partial charge in [-0.15, -0.1) is 0 Å². The molecule has 0 bridgehead atoms. The average molecular weight is 255 g/mol. The van der Waals surface area contributed by atoms with Crippen LogP contribution >= 0.6 is 11.6 Å². The van der Waals surface area contributed by atoms with Crippen LogP contribution in [0.4, 0.5) is 5.69 Å². The van der Waals surface area contributed by atoms with E-state index in [9.17, 15) is 0 Å². The van der Waals surface area contributed by atoms with Crippen molar-refractivity contribution in [3.63, 3.8) is 0 Å². The van der Waals surface area contributed by atoms with Gasteiger partial charge in [0.1, 0.15) is 0 Å². The third kappa shape index (κ3) is 3.36. The molecule has 0 amide bonds. The second kappa shape index (κ2) is 6.27. The molecule has 0 aliphatic heterocycles. The predicted molar refractivity (Wildman–Crippen MR) is 76.8 cm³/mol. The van der Waals surface area contributed by atoms with Crippen molar-refractivity contribution in [1.82, 2.24) is 0 Å². The molecule has 3 heteroatoms. The lowest BCUT2D eigenvalue weighted by Gasteiger charge is -2.29. The second-order valence-electron chi connectivity index (χ2n) is 4.58. The van der Waals surface area contributed by atoms with Gasteiger partial charge in [0, 0.05) is 19.1 Å². The van der Waals surface area contributed by atoms with E-state index in [0.29, 0.717) is 6.04 Å². The van der Waals surface area contributed by atoms with Crippen molar-refractivity contribution in [2.45, 2.75) is 45.7 Å². The summed E-state index contributed by atoms with van der Waals surface area (Å²) in [6.45, 7) is 6.37. The molecule has 0 aromatic heterocycles. The first kappa shape index (κ1) is 14.3. The van der Waals surface area contributed by atoms with Crippen LogP contribution in [0.1, 0.15) is 45.2 Å². The van der Waals surface area contributed by atoms with Crippen molar-refractivity contribution in [3.8, 4) is 0 Å². The van der Waals surface area contributed by atoms with Gasteiger partial charge in [-0.05, 0) is 37.5 Å². The van der Waals surface area contributed by atoms with Gasteiger partial charge in [-0.25, -0.2) is 0 Å². The fraction of sp³-hybridized carbons (Fsp3) is 0.571.